The minimum Gasteiger partial charge on any atom is -0.295 e. The highest BCUT2D eigenvalue weighted by Gasteiger charge is 2.07. The molecule has 0 aromatic carbocycles. The number of carbonyl (C=O) groups is 1. The maximum Gasteiger partial charge on any atom is 0.176 e. The molecule has 0 radical (unpaired) electrons. The first kappa shape index (κ1) is 5.24. The molecule has 1 N–H and O–H groups in total. The molecule has 0 bridgehead atoms. The highest BCUT2D eigenvalue weighted by molar-refractivity contribution is 5.87. The Balaban J connectivity index is 2.54. The van der Waals surface area contributed by atoms with Gasteiger partial charge in [0.05, 0.1) is 0 Å². The average Bonchev–Trinajstić information content (AvgIpc) is 1.64. The Hall–Kier alpha value is -0.900. The molecule has 0 aromatic heterocycles. The van der Waals surface area contributed by atoms with Crippen molar-refractivity contribution in [1.82, 2.24) is 5.06 Å². The number of aliphatic imine (C=N–C) groups is 1. The summed E-state index contributed by atoms with van der Waals surface area (Å²) in [6.45, 7) is 0.278. The largest absolute Gasteiger partial charge is 0.295 e. The standard InChI is InChI=1S/C4H6N2O2/c7-4-1-5-3-6(8)2-4/h3,8H,1-2H2. The van der Waals surface area contributed by atoms with Crippen molar-refractivity contribution in [1.29, 1.82) is 0 Å². The summed E-state index contributed by atoms with van der Waals surface area (Å²) in [6, 6.07) is 0. The summed E-state index contributed by atoms with van der Waals surface area (Å²) < 4.78 is 0. The minimum absolute atomic E-state index is 0.0602. The van der Waals surface area contributed by atoms with E-state index in [9.17, 15) is 4.79 Å². The van der Waals surface area contributed by atoms with Crippen molar-refractivity contribution < 1.29 is 10.0 Å². The Morgan fingerprint density at radius 1 is 1.88 bits per heavy atom. The van der Waals surface area contributed by atoms with Crippen molar-refractivity contribution in [3.63, 3.8) is 0 Å². The van der Waals surface area contributed by atoms with Crippen molar-refractivity contribution in [2.75, 3.05) is 13.1 Å². The summed E-state index contributed by atoms with van der Waals surface area (Å²) >= 11 is 0. The topological polar surface area (TPSA) is 52.9 Å². The quantitative estimate of drug-likeness (QED) is 0.452. The maximum absolute atomic E-state index is 10.4. The predicted octanol–water partition coefficient (Wildman–Crippen LogP) is -0.711. The second-order valence-electron chi connectivity index (χ2n) is 1.59. The Morgan fingerprint density at radius 3 is 3.00 bits per heavy atom. The van der Waals surface area contributed by atoms with E-state index < -0.39 is 0 Å². The Labute approximate surface area is 46.4 Å². The second-order valence-corrected chi connectivity index (χ2v) is 1.59. The van der Waals surface area contributed by atoms with Gasteiger partial charge in [-0.1, -0.05) is 0 Å². The van der Waals surface area contributed by atoms with Crippen LogP contribution in [-0.4, -0.2) is 35.5 Å². The van der Waals surface area contributed by atoms with Crippen LogP contribution in [0.15, 0.2) is 4.99 Å². The molecule has 0 spiro atoms. The number of rotatable bonds is 0. The number of Topliss-reactive ketones (excluding diaryl/α,β-unsaturated/α-hetero) is 1. The Bertz CT molecular complexity index is 132. The SMILES string of the molecule is O=C1CN=CN(O)C1. The van der Waals surface area contributed by atoms with Crippen LogP contribution in [0.4, 0.5) is 0 Å². The third-order valence-electron chi connectivity index (χ3n) is 0.821. The van der Waals surface area contributed by atoms with E-state index in [2.05, 4.69) is 4.99 Å². The first-order valence-corrected chi connectivity index (χ1v) is 2.26. The van der Waals surface area contributed by atoms with E-state index in [0.29, 0.717) is 0 Å². The van der Waals surface area contributed by atoms with E-state index in [1.807, 2.05) is 0 Å². The molecule has 1 aliphatic rings. The van der Waals surface area contributed by atoms with Gasteiger partial charge in [-0.2, -0.15) is 0 Å². The second kappa shape index (κ2) is 1.92. The van der Waals surface area contributed by atoms with Crippen molar-refractivity contribution in [2.45, 2.75) is 0 Å². The lowest BCUT2D eigenvalue weighted by atomic mass is 10.4. The van der Waals surface area contributed by atoms with E-state index in [-0.39, 0.29) is 18.9 Å². The fourth-order valence-electron chi connectivity index (χ4n) is 0.508. The van der Waals surface area contributed by atoms with Crippen molar-refractivity contribution >= 4 is 12.1 Å². The lowest BCUT2D eigenvalue weighted by Gasteiger charge is -2.12. The Kier molecular flexibility index (Phi) is 1.26. The van der Waals surface area contributed by atoms with Gasteiger partial charge in [-0.3, -0.25) is 15.0 Å². The molecule has 0 saturated heterocycles. The Morgan fingerprint density at radius 2 is 2.62 bits per heavy atom. The summed E-state index contributed by atoms with van der Waals surface area (Å²) in [5.74, 6) is -0.0602. The van der Waals surface area contributed by atoms with Crippen LogP contribution >= 0.6 is 0 Å². The lowest BCUT2D eigenvalue weighted by molar-refractivity contribution is -0.125. The zero-order valence-electron chi connectivity index (χ0n) is 4.24. The number of hydroxylamine groups is 2. The van der Waals surface area contributed by atoms with Gasteiger partial charge in [-0.05, 0) is 0 Å². The van der Waals surface area contributed by atoms with Gasteiger partial charge in [-0.15, -0.1) is 0 Å². The molecule has 8 heavy (non-hydrogen) atoms. The van der Waals surface area contributed by atoms with Crippen LogP contribution in [0.2, 0.25) is 0 Å². The predicted molar refractivity (Wildman–Crippen MR) is 26.9 cm³/mol. The van der Waals surface area contributed by atoms with Crippen molar-refractivity contribution in [2.24, 2.45) is 4.99 Å². The van der Waals surface area contributed by atoms with Gasteiger partial charge in [-0.25, -0.2) is 5.06 Å². The van der Waals surface area contributed by atoms with Gasteiger partial charge >= 0.3 is 0 Å². The summed E-state index contributed by atoms with van der Waals surface area (Å²) in [5, 5.41) is 9.31. The molecule has 1 rings (SSSR count). The molecule has 0 aromatic rings. The molecular weight excluding hydrogens is 108 g/mol. The molecular formula is C4H6N2O2. The summed E-state index contributed by atoms with van der Waals surface area (Å²) in [7, 11) is 0. The van der Waals surface area contributed by atoms with Gasteiger partial charge in [0.25, 0.3) is 0 Å². The monoisotopic (exact) mass is 114 g/mol. The van der Waals surface area contributed by atoms with Gasteiger partial charge < -0.3 is 0 Å². The third kappa shape index (κ3) is 1.04. The first-order valence-electron chi connectivity index (χ1n) is 2.26. The smallest absolute Gasteiger partial charge is 0.176 e. The molecule has 0 fully saturated rings. The van der Waals surface area contributed by atoms with Crippen LogP contribution in [-0.2, 0) is 4.79 Å². The van der Waals surface area contributed by atoms with Gasteiger partial charge in [0, 0.05) is 0 Å². The molecule has 4 nitrogen and oxygen atoms in total. The summed E-state index contributed by atoms with van der Waals surface area (Å²) in [6.07, 6.45) is 1.24. The minimum atomic E-state index is -0.0602. The van der Waals surface area contributed by atoms with E-state index in [1.165, 1.54) is 6.34 Å². The zero-order chi connectivity index (χ0) is 5.98. The average molecular weight is 114 g/mol. The molecule has 0 saturated carbocycles. The molecule has 0 amide bonds. The summed E-state index contributed by atoms with van der Waals surface area (Å²) in [5.41, 5.74) is 0. The molecule has 1 aliphatic heterocycles. The van der Waals surface area contributed by atoms with Gasteiger partial charge in [0.1, 0.15) is 19.4 Å². The van der Waals surface area contributed by atoms with Crippen LogP contribution in [0.3, 0.4) is 0 Å². The molecule has 44 valence electrons. The van der Waals surface area contributed by atoms with Crippen LogP contribution in [0, 0.1) is 0 Å². The van der Waals surface area contributed by atoms with E-state index in [1.54, 1.807) is 0 Å². The molecule has 0 atom stereocenters. The number of nitrogens with zero attached hydrogens (tertiary/aromatic N) is 2. The first-order chi connectivity index (χ1) is 3.79. The number of hydrogen-bond donors (Lipinski definition) is 1. The molecule has 4 heteroatoms. The van der Waals surface area contributed by atoms with Crippen LogP contribution in [0.25, 0.3) is 0 Å². The van der Waals surface area contributed by atoms with E-state index in [0.717, 1.165) is 5.06 Å². The molecule has 0 aliphatic carbocycles. The fourth-order valence-corrected chi connectivity index (χ4v) is 0.508. The van der Waals surface area contributed by atoms with Crippen LogP contribution < -0.4 is 0 Å². The highest BCUT2D eigenvalue weighted by Crippen LogP contribution is 1.86. The van der Waals surface area contributed by atoms with E-state index >= 15 is 0 Å². The number of carbonyl (C=O) groups excluding carboxylic acids is 1. The van der Waals surface area contributed by atoms with E-state index in [4.69, 9.17) is 5.21 Å². The molecule has 1 heterocycles. The fraction of sp³-hybridized carbons (Fsp3) is 0.500. The maximum atomic E-state index is 10.4. The van der Waals surface area contributed by atoms with Crippen molar-refractivity contribution in [3.8, 4) is 0 Å². The highest BCUT2D eigenvalue weighted by atomic mass is 16.5. The zero-order valence-corrected chi connectivity index (χ0v) is 4.24. The van der Waals surface area contributed by atoms with Gasteiger partial charge in [0.2, 0.25) is 0 Å². The molecule has 0 unspecified atom stereocenters. The number of hydrogen-bond acceptors (Lipinski definition) is 4. The summed E-state index contributed by atoms with van der Waals surface area (Å²) in [4.78, 5) is 13.9. The van der Waals surface area contributed by atoms with Crippen molar-refractivity contribution in [3.05, 3.63) is 0 Å². The number of ketones is 1. The van der Waals surface area contributed by atoms with Crippen LogP contribution in [0.5, 0.6) is 0 Å². The van der Waals surface area contributed by atoms with Crippen LogP contribution in [0.1, 0.15) is 0 Å². The van der Waals surface area contributed by atoms with Gasteiger partial charge in [0.15, 0.2) is 5.78 Å². The third-order valence-corrected chi connectivity index (χ3v) is 0.821. The normalized spacial score (nSPS) is 19.6. The lowest BCUT2D eigenvalue weighted by Crippen LogP contribution is -2.30.